The molecular weight excluding hydrogens is 200 g/mol. The van der Waals surface area contributed by atoms with Crippen molar-refractivity contribution in [1.82, 2.24) is 5.43 Å². The quantitative estimate of drug-likeness (QED) is 0.666. The number of primary amides is 1. The number of nitrogens with one attached hydrogen (secondary N) is 1. The van der Waals surface area contributed by atoms with Gasteiger partial charge in [0, 0.05) is 10.7 Å². The standard InChI is InChI=1S/C8H8N4OS/c9-8(13)11-12-14-5-10-6-3-1-2-4-7(6)14/h1-5H,(H3,9,11,13). The van der Waals surface area contributed by atoms with Gasteiger partial charge in [-0.1, -0.05) is 12.1 Å². The Morgan fingerprint density at radius 3 is 3.07 bits per heavy atom. The van der Waals surface area contributed by atoms with E-state index in [1.54, 1.807) is 5.55 Å². The van der Waals surface area contributed by atoms with Crippen LogP contribution in [-0.4, -0.2) is 11.6 Å². The first-order valence-electron chi connectivity index (χ1n) is 3.90. The summed E-state index contributed by atoms with van der Waals surface area (Å²) >= 11 is 0. The minimum Gasteiger partial charge on any atom is -0.350 e. The van der Waals surface area contributed by atoms with Gasteiger partial charge in [-0.05, 0) is 12.1 Å². The Kier molecular flexibility index (Phi) is 2.28. The molecule has 1 heterocycles. The summed E-state index contributed by atoms with van der Waals surface area (Å²) in [5.41, 5.74) is 9.71. The minimum atomic E-state index is -0.657. The monoisotopic (exact) mass is 208 g/mol. The average Bonchev–Trinajstić information content (AvgIpc) is 2.58. The van der Waals surface area contributed by atoms with Gasteiger partial charge in [0.25, 0.3) is 0 Å². The highest BCUT2D eigenvalue weighted by Gasteiger charge is 2.10. The topological polar surface area (TPSA) is 79.8 Å². The molecule has 5 nitrogen and oxygen atoms in total. The van der Waals surface area contributed by atoms with Gasteiger partial charge >= 0.3 is 6.03 Å². The average molecular weight is 208 g/mol. The van der Waals surface area contributed by atoms with Crippen molar-refractivity contribution < 1.29 is 4.79 Å². The number of nitrogens with two attached hydrogens (primary N) is 1. The number of hydrogen-bond acceptors (Lipinski definition) is 3. The van der Waals surface area contributed by atoms with Gasteiger partial charge in [-0.25, -0.2) is 15.2 Å². The lowest BCUT2D eigenvalue weighted by atomic mass is 10.3. The molecule has 0 saturated carbocycles. The van der Waals surface area contributed by atoms with Gasteiger partial charge < -0.3 is 5.73 Å². The van der Waals surface area contributed by atoms with E-state index in [1.807, 2.05) is 24.3 Å². The molecule has 1 unspecified atom stereocenters. The highest BCUT2D eigenvalue weighted by molar-refractivity contribution is 8.01. The molecule has 6 heteroatoms. The Morgan fingerprint density at radius 2 is 2.29 bits per heavy atom. The fourth-order valence-electron chi connectivity index (χ4n) is 1.07. The van der Waals surface area contributed by atoms with E-state index in [2.05, 4.69) is 14.9 Å². The molecule has 1 aliphatic heterocycles. The molecule has 0 fully saturated rings. The second kappa shape index (κ2) is 3.59. The largest absolute Gasteiger partial charge is 0.350 e. The molecule has 3 N–H and O–H groups in total. The predicted octanol–water partition coefficient (Wildman–Crippen LogP) is 1.10. The van der Waals surface area contributed by atoms with Crippen molar-refractivity contribution in [1.29, 1.82) is 0 Å². The molecule has 72 valence electrons. The highest BCUT2D eigenvalue weighted by Crippen LogP contribution is 2.27. The maximum absolute atomic E-state index is 10.4. The van der Waals surface area contributed by atoms with Gasteiger partial charge in [0.05, 0.1) is 16.1 Å². The van der Waals surface area contributed by atoms with Crippen molar-refractivity contribution in [2.45, 2.75) is 4.90 Å². The highest BCUT2D eigenvalue weighted by atomic mass is 32.2. The van der Waals surface area contributed by atoms with E-state index in [-0.39, 0.29) is 0 Å². The van der Waals surface area contributed by atoms with Crippen LogP contribution in [0.2, 0.25) is 0 Å². The Bertz CT molecular complexity index is 441. The van der Waals surface area contributed by atoms with Crippen LogP contribution in [0.1, 0.15) is 0 Å². The van der Waals surface area contributed by atoms with Gasteiger partial charge in [0.1, 0.15) is 0 Å². The summed E-state index contributed by atoms with van der Waals surface area (Å²) in [4.78, 5) is 15.6. The molecular formula is C8H8N4OS. The molecule has 0 radical (unpaired) electrons. The number of fused-ring (bicyclic) bond motifs is 1. The molecule has 1 atom stereocenters. The number of amides is 2. The summed E-state index contributed by atoms with van der Waals surface area (Å²) < 4.78 is 3.92. The van der Waals surface area contributed by atoms with E-state index in [9.17, 15) is 4.79 Å². The summed E-state index contributed by atoms with van der Waals surface area (Å²) in [5.74, 6) is 0. The lowest BCUT2D eigenvalue weighted by molar-refractivity contribution is 0.249. The van der Waals surface area contributed by atoms with Crippen LogP contribution in [0, 0.1) is 0 Å². The fraction of sp³-hybridized carbons (Fsp3) is 0. The normalized spacial score (nSPS) is 18.1. The number of nitrogens with zero attached hydrogens (tertiary/aromatic N) is 2. The SMILES string of the molecule is NC(=O)N/N=S1\C=Nc2ccccc21. The number of carbonyl (C=O) groups is 1. The Labute approximate surface area is 83.1 Å². The van der Waals surface area contributed by atoms with Crippen molar-refractivity contribution in [3.8, 4) is 0 Å². The third-order valence-electron chi connectivity index (χ3n) is 1.64. The van der Waals surface area contributed by atoms with Crippen LogP contribution in [0.25, 0.3) is 0 Å². The number of para-hydroxylation sites is 1. The molecule has 1 aliphatic rings. The summed E-state index contributed by atoms with van der Waals surface area (Å²) in [5, 5.41) is 0. The van der Waals surface area contributed by atoms with Crippen molar-refractivity contribution in [2.75, 3.05) is 0 Å². The van der Waals surface area contributed by atoms with Gasteiger partial charge in [-0.15, -0.1) is 4.47 Å². The molecule has 0 spiro atoms. The zero-order chi connectivity index (χ0) is 9.97. The molecule has 0 bridgehead atoms. The number of carbonyl (C=O) groups excluding carboxylic acids is 1. The van der Waals surface area contributed by atoms with Crippen molar-refractivity contribution in [3.05, 3.63) is 24.3 Å². The van der Waals surface area contributed by atoms with Gasteiger partial charge in [0.15, 0.2) is 0 Å². The van der Waals surface area contributed by atoms with Crippen LogP contribution in [-0.2, 0) is 10.7 Å². The van der Waals surface area contributed by atoms with Gasteiger partial charge in [0.2, 0.25) is 0 Å². The van der Waals surface area contributed by atoms with E-state index in [4.69, 9.17) is 5.73 Å². The van der Waals surface area contributed by atoms with Crippen LogP contribution in [0.15, 0.2) is 38.6 Å². The molecule has 2 rings (SSSR count). The summed E-state index contributed by atoms with van der Waals surface area (Å²) in [6.45, 7) is 0. The lowest BCUT2D eigenvalue weighted by Gasteiger charge is -1.98. The second-order valence-electron chi connectivity index (χ2n) is 2.58. The maximum Gasteiger partial charge on any atom is 0.333 e. The second-order valence-corrected chi connectivity index (χ2v) is 4.05. The Morgan fingerprint density at radius 1 is 1.50 bits per heavy atom. The Balaban J connectivity index is 2.30. The third-order valence-corrected chi connectivity index (χ3v) is 3.03. The lowest BCUT2D eigenvalue weighted by Crippen LogP contribution is -2.24. The Hall–Kier alpha value is -1.69. The van der Waals surface area contributed by atoms with Crippen LogP contribution in [0.3, 0.4) is 0 Å². The molecule has 0 aliphatic carbocycles. The first kappa shape index (κ1) is 8.89. The van der Waals surface area contributed by atoms with E-state index in [0.29, 0.717) is 0 Å². The smallest absolute Gasteiger partial charge is 0.333 e. The van der Waals surface area contributed by atoms with E-state index >= 15 is 0 Å². The maximum atomic E-state index is 10.4. The number of urea groups is 1. The fourth-order valence-corrected chi connectivity index (χ4v) is 2.28. The summed E-state index contributed by atoms with van der Waals surface area (Å²) in [7, 11) is -0.501. The molecule has 14 heavy (non-hydrogen) atoms. The predicted molar refractivity (Wildman–Crippen MR) is 55.4 cm³/mol. The van der Waals surface area contributed by atoms with Gasteiger partial charge in [-0.2, -0.15) is 0 Å². The first-order chi connectivity index (χ1) is 6.77. The van der Waals surface area contributed by atoms with Crippen LogP contribution in [0.4, 0.5) is 10.5 Å². The molecule has 0 saturated heterocycles. The zero-order valence-electron chi connectivity index (χ0n) is 7.18. The van der Waals surface area contributed by atoms with Gasteiger partial charge in [-0.3, -0.25) is 0 Å². The molecule has 1 aromatic carbocycles. The van der Waals surface area contributed by atoms with Crippen LogP contribution >= 0.6 is 0 Å². The first-order valence-corrected chi connectivity index (χ1v) is 5.14. The summed E-state index contributed by atoms with van der Waals surface area (Å²) in [6, 6.07) is 6.99. The third kappa shape index (κ3) is 1.64. The van der Waals surface area contributed by atoms with Crippen LogP contribution < -0.4 is 11.2 Å². The summed E-state index contributed by atoms with van der Waals surface area (Å²) in [6.07, 6.45) is 0. The van der Waals surface area contributed by atoms with E-state index in [1.165, 1.54) is 0 Å². The minimum absolute atomic E-state index is 0.501. The number of benzene rings is 1. The van der Waals surface area contributed by atoms with E-state index < -0.39 is 16.7 Å². The number of aliphatic imine (C=N–C) groups is 1. The number of hydrogen-bond donors (Lipinski definition) is 2. The number of rotatable bonds is 1. The van der Waals surface area contributed by atoms with E-state index in [0.717, 1.165) is 10.6 Å². The van der Waals surface area contributed by atoms with Crippen molar-refractivity contribution in [2.24, 2.45) is 15.2 Å². The van der Waals surface area contributed by atoms with Crippen molar-refractivity contribution >= 4 is 28.0 Å². The molecule has 2 amide bonds. The molecule has 1 aromatic rings. The van der Waals surface area contributed by atoms with Crippen LogP contribution in [0.5, 0.6) is 0 Å². The molecule has 0 aromatic heterocycles. The zero-order valence-corrected chi connectivity index (χ0v) is 7.99. The van der Waals surface area contributed by atoms with Crippen molar-refractivity contribution in [3.63, 3.8) is 0 Å².